The molecule has 1 aromatic carbocycles. The van der Waals surface area contributed by atoms with Crippen LogP contribution in [0.5, 0.6) is 0 Å². The number of piperazine rings is 1. The van der Waals surface area contributed by atoms with Gasteiger partial charge in [0.25, 0.3) is 0 Å². The highest BCUT2D eigenvalue weighted by atomic mass is 79.9. The average Bonchev–Trinajstić information content (AvgIpc) is 2.46. The molecular weight excluding hydrogens is 344 g/mol. The van der Waals surface area contributed by atoms with Crippen molar-refractivity contribution in [2.75, 3.05) is 18.0 Å². The van der Waals surface area contributed by atoms with Gasteiger partial charge < -0.3 is 14.5 Å². The zero-order chi connectivity index (χ0) is 15.9. The Morgan fingerprint density at radius 2 is 1.77 bits per heavy atom. The topological polar surface area (TPSA) is 32.8 Å². The van der Waals surface area contributed by atoms with Gasteiger partial charge in [-0.1, -0.05) is 15.9 Å². The number of rotatable bonds is 1. The van der Waals surface area contributed by atoms with Crippen molar-refractivity contribution in [2.24, 2.45) is 0 Å². The Morgan fingerprint density at radius 3 is 2.32 bits per heavy atom. The monoisotopic (exact) mass is 366 g/mol. The fraction of sp³-hybridized carbons (Fsp3) is 0.588. The van der Waals surface area contributed by atoms with Crippen LogP contribution in [-0.2, 0) is 4.74 Å². The molecule has 0 saturated carbocycles. The Kier molecular flexibility index (Phi) is 4.10. The summed E-state index contributed by atoms with van der Waals surface area (Å²) in [5, 5.41) is 0. The van der Waals surface area contributed by atoms with Crippen LogP contribution in [0.15, 0.2) is 28.7 Å². The molecule has 5 heteroatoms. The fourth-order valence-electron chi connectivity index (χ4n) is 3.32. The van der Waals surface area contributed by atoms with Crippen LogP contribution < -0.4 is 4.90 Å². The summed E-state index contributed by atoms with van der Waals surface area (Å²) in [4.78, 5) is 16.7. The molecule has 0 spiro atoms. The number of benzene rings is 1. The lowest BCUT2D eigenvalue weighted by Gasteiger charge is -2.52. The van der Waals surface area contributed by atoms with Crippen LogP contribution in [0.1, 0.15) is 33.6 Å². The Labute approximate surface area is 140 Å². The second-order valence-corrected chi connectivity index (χ2v) is 8.06. The molecule has 1 aromatic rings. The van der Waals surface area contributed by atoms with Gasteiger partial charge in [-0.05, 0) is 57.9 Å². The van der Waals surface area contributed by atoms with Crippen LogP contribution in [0.25, 0.3) is 0 Å². The average molecular weight is 367 g/mol. The van der Waals surface area contributed by atoms with Crippen molar-refractivity contribution in [1.82, 2.24) is 4.90 Å². The van der Waals surface area contributed by atoms with Crippen LogP contribution in [-0.4, -0.2) is 41.8 Å². The molecule has 1 amide bonds. The van der Waals surface area contributed by atoms with E-state index >= 15 is 0 Å². The van der Waals surface area contributed by atoms with Crippen molar-refractivity contribution in [3.63, 3.8) is 0 Å². The second kappa shape index (κ2) is 5.76. The number of carbonyl (C=O) groups excluding carboxylic acids is 1. The molecule has 3 heterocycles. The number of piperidine rings is 2. The minimum absolute atomic E-state index is 0.169. The number of nitrogens with zero attached hydrogens (tertiary/aromatic N) is 2. The molecule has 22 heavy (non-hydrogen) atoms. The normalized spacial score (nSPS) is 24.5. The molecule has 2 unspecified atom stereocenters. The highest BCUT2D eigenvalue weighted by molar-refractivity contribution is 9.10. The number of halogens is 1. The molecular formula is C17H23BrN2O2. The second-order valence-electron chi connectivity index (χ2n) is 7.15. The molecule has 2 bridgehead atoms. The molecule has 0 N–H and O–H groups in total. The van der Waals surface area contributed by atoms with E-state index in [0.29, 0.717) is 6.04 Å². The molecule has 3 saturated heterocycles. The molecule has 0 radical (unpaired) electrons. The molecule has 3 fully saturated rings. The zero-order valence-corrected chi connectivity index (χ0v) is 15.0. The molecule has 4 nitrogen and oxygen atoms in total. The van der Waals surface area contributed by atoms with Crippen LogP contribution in [0.3, 0.4) is 0 Å². The first-order valence-electron chi connectivity index (χ1n) is 7.85. The Morgan fingerprint density at radius 1 is 1.14 bits per heavy atom. The molecule has 0 aromatic heterocycles. The highest BCUT2D eigenvalue weighted by Gasteiger charge is 2.42. The minimum Gasteiger partial charge on any atom is -0.444 e. The third-order valence-corrected chi connectivity index (χ3v) is 4.84. The summed E-state index contributed by atoms with van der Waals surface area (Å²) in [6.07, 6.45) is 2.04. The third kappa shape index (κ3) is 3.24. The number of carbonyl (C=O) groups is 1. The lowest BCUT2D eigenvalue weighted by Crippen LogP contribution is -2.64. The molecule has 4 rings (SSSR count). The summed E-state index contributed by atoms with van der Waals surface area (Å²) in [5.41, 5.74) is 0.806. The van der Waals surface area contributed by atoms with Gasteiger partial charge in [0.2, 0.25) is 0 Å². The van der Waals surface area contributed by atoms with Gasteiger partial charge in [0.1, 0.15) is 5.60 Å². The maximum Gasteiger partial charge on any atom is 0.410 e. The lowest BCUT2D eigenvalue weighted by atomic mass is 9.90. The Bertz CT molecular complexity index is 553. The van der Waals surface area contributed by atoms with E-state index in [1.54, 1.807) is 0 Å². The van der Waals surface area contributed by atoms with Gasteiger partial charge in [0.05, 0.1) is 6.04 Å². The van der Waals surface area contributed by atoms with Crippen LogP contribution >= 0.6 is 15.9 Å². The first kappa shape index (κ1) is 15.7. The smallest absolute Gasteiger partial charge is 0.410 e. The summed E-state index contributed by atoms with van der Waals surface area (Å²) in [6.45, 7) is 7.41. The molecule has 3 aliphatic heterocycles. The third-order valence-electron chi connectivity index (χ3n) is 4.32. The van der Waals surface area contributed by atoms with E-state index in [9.17, 15) is 4.79 Å². The minimum atomic E-state index is -0.431. The quantitative estimate of drug-likeness (QED) is 0.751. The van der Waals surface area contributed by atoms with Crippen LogP contribution in [0, 0.1) is 0 Å². The van der Waals surface area contributed by atoms with Crippen LogP contribution in [0.2, 0.25) is 0 Å². The van der Waals surface area contributed by atoms with E-state index in [1.165, 1.54) is 5.69 Å². The van der Waals surface area contributed by atoms with Gasteiger partial charge in [-0.25, -0.2) is 4.79 Å². The van der Waals surface area contributed by atoms with E-state index in [1.807, 2.05) is 25.7 Å². The lowest BCUT2D eigenvalue weighted by molar-refractivity contribution is 0.000888. The van der Waals surface area contributed by atoms with Gasteiger partial charge in [-0.3, -0.25) is 0 Å². The maximum atomic E-state index is 12.4. The number of hydrogen-bond donors (Lipinski definition) is 0. The first-order valence-corrected chi connectivity index (χ1v) is 8.64. The summed E-state index contributed by atoms with van der Waals surface area (Å²) in [7, 11) is 0. The largest absolute Gasteiger partial charge is 0.444 e. The van der Waals surface area contributed by atoms with Crippen molar-refractivity contribution in [1.29, 1.82) is 0 Å². The summed E-state index contributed by atoms with van der Waals surface area (Å²) in [6, 6.07) is 9.07. The van der Waals surface area contributed by atoms with E-state index in [2.05, 4.69) is 45.1 Å². The van der Waals surface area contributed by atoms with Gasteiger partial charge >= 0.3 is 6.09 Å². The van der Waals surface area contributed by atoms with Gasteiger partial charge in [0.15, 0.2) is 0 Å². The fourth-order valence-corrected chi connectivity index (χ4v) is 3.59. The number of anilines is 1. The maximum absolute atomic E-state index is 12.4. The summed E-state index contributed by atoms with van der Waals surface area (Å²) < 4.78 is 6.64. The molecule has 2 atom stereocenters. The van der Waals surface area contributed by atoms with E-state index in [-0.39, 0.29) is 12.1 Å². The summed E-state index contributed by atoms with van der Waals surface area (Å²) in [5.74, 6) is 0. The van der Waals surface area contributed by atoms with Crippen molar-refractivity contribution in [3.05, 3.63) is 28.7 Å². The van der Waals surface area contributed by atoms with E-state index in [4.69, 9.17) is 4.74 Å². The predicted molar refractivity (Wildman–Crippen MR) is 91.2 cm³/mol. The molecule has 0 aliphatic carbocycles. The number of fused-ring (bicyclic) bond motifs is 3. The predicted octanol–water partition coefficient (Wildman–Crippen LogP) is 4.04. The van der Waals surface area contributed by atoms with Crippen molar-refractivity contribution in [2.45, 2.75) is 51.3 Å². The Hall–Kier alpha value is -1.23. The van der Waals surface area contributed by atoms with Crippen molar-refractivity contribution < 1.29 is 9.53 Å². The van der Waals surface area contributed by atoms with Gasteiger partial charge in [-0.15, -0.1) is 0 Å². The number of hydrogen-bond acceptors (Lipinski definition) is 3. The Balaban J connectivity index is 1.71. The van der Waals surface area contributed by atoms with E-state index < -0.39 is 5.60 Å². The molecule has 3 aliphatic rings. The zero-order valence-electron chi connectivity index (χ0n) is 13.4. The standard InChI is InChI=1S/C17H23BrN2O2/c1-17(2,3)22-16(21)20-11-14-8-9-15(20)10-19(14)13-6-4-12(18)5-7-13/h4-7,14-15H,8-11H2,1-3H3. The van der Waals surface area contributed by atoms with Gasteiger partial charge in [0, 0.05) is 29.3 Å². The van der Waals surface area contributed by atoms with Crippen molar-refractivity contribution in [3.8, 4) is 0 Å². The SMILES string of the molecule is CC(C)(C)OC(=O)N1CC2CCC1CN2c1ccc(Br)cc1. The highest BCUT2D eigenvalue weighted by Crippen LogP contribution is 2.34. The van der Waals surface area contributed by atoms with Crippen molar-refractivity contribution >= 4 is 27.7 Å². The number of amides is 1. The first-order chi connectivity index (χ1) is 10.3. The van der Waals surface area contributed by atoms with Gasteiger partial charge in [-0.2, -0.15) is 0 Å². The van der Waals surface area contributed by atoms with Crippen LogP contribution in [0.4, 0.5) is 10.5 Å². The number of ether oxygens (including phenoxy) is 1. The van der Waals surface area contributed by atoms with E-state index in [0.717, 1.165) is 30.4 Å². The molecule has 120 valence electrons. The summed E-state index contributed by atoms with van der Waals surface area (Å²) >= 11 is 3.48.